The van der Waals surface area contributed by atoms with Gasteiger partial charge in [0.25, 0.3) is 0 Å². The number of hydrogen-bond donors (Lipinski definition) is 2. The molecule has 4 heteroatoms. The number of rotatable bonds is 5. The summed E-state index contributed by atoms with van der Waals surface area (Å²) in [7, 11) is 1.87. The smallest absolute Gasteiger partial charge is 0.225 e. The first-order valence-electron chi connectivity index (χ1n) is 6.61. The van der Waals surface area contributed by atoms with Gasteiger partial charge in [-0.15, -0.1) is 0 Å². The standard InChI is InChI=1S/C15H20N4/c1-4-11(2)17-15-18-13(10-14(16-3)19-15)12-8-6-5-7-9-12/h5-11H,4H2,1-3H3,(H2,16,17,18,19)/t11-/m0/s1. The lowest BCUT2D eigenvalue weighted by atomic mass is 10.1. The summed E-state index contributed by atoms with van der Waals surface area (Å²) < 4.78 is 0. The van der Waals surface area contributed by atoms with Gasteiger partial charge < -0.3 is 10.6 Å². The molecule has 4 nitrogen and oxygen atoms in total. The van der Waals surface area contributed by atoms with Gasteiger partial charge in [-0.3, -0.25) is 0 Å². The van der Waals surface area contributed by atoms with Crippen molar-refractivity contribution >= 4 is 11.8 Å². The Morgan fingerprint density at radius 2 is 1.89 bits per heavy atom. The first-order chi connectivity index (χ1) is 9.22. The highest BCUT2D eigenvalue weighted by molar-refractivity contribution is 5.64. The third-order valence-electron chi connectivity index (χ3n) is 3.04. The summed E-state index contributed by atoms with van der Waals surface area (Å²) in [6, 6.07) is 12.4. The average molecular weight is 256 g/mol. The van der Waals surface area contributed by atoms with Crippen LogP contribution in [0.2, 0.25) is 0 Å². The Morgan fingerprint density at radius 3 is 2.53 bits per heavy atom. The molecule has 2 aromatic rings. The van der Waals surface area contributed by atoms with Gasteiger partial charge in [0.05, 0.1) is 5.69 Å². The van der Waals surface area contributed by atoms with E-state index in [1.807, 2.05) is 31.3 Å². The van der Waals surface area contributed by atoms with Crippen LogP contribution in [0.5, 0.6) is 0 Å². The molecule has 1 heterocycles. The van der Waals surface area contributed by atoms with E-state index in [1.54, 1.807) is 0 Å². The maximum absolute atomic E-state index is 4.58. The Labute approximate surface area is 114 Å². The SMILES string of the molecule is CC[C@H](C)Nc1nc(NC)cc(-c2ccccc2)n1. The Morgan fingerprint density at radius 1 is 1.16 bits per heavy atom. The predicted molar refractivity (Wildman–Crippen MR) is 80.4 cm³/mol. The van der Waals surface area contributed by atoms with Gasteiger partial charge >= 0.3 is 0 Å². The zero-order chi connectivity index (χ0) is 13.7. The summed E-state index contributed by atoms with van der Waals surface area (Å²) in [5.74, 6) is 1.49. The molecule has 0 radical (unpaired) electrons. The van der Waals surface area contributed by atoms with E-state index in [4.69, 9.17) is 0 Å². The molecule has 0 aliphatic carbocycles. The Kier molecular flexibility index (Phi) is 4.34. The van der Waals surface area contributed by atoms with Gasteiger partial charge in [0.2, 0.25) is 5.95 Å². The normalized spacial score (nSPS) is 11.9. The molecule has 0 aliphatic rings. The Bertz CT molecular complexity index is 525. The molecule has 0 saturated carbocycles. The number of benzene rings is 1. The summed E-state index contributed by atoms with van der Waals surface area (Å²) in [6.45, 7) is 4.26. The van der Waals surface area contributed by atoms with E-state index in [2.05, 4.69) is 46.6 Å². The second-order valence-corrected chi connectivity index (χ2v) is 4.53. The van der Waals surface area contributed by atoms with Crippen molar-refractivity contribution in [2.75, 3.05) is 17.7 Å². The van der Waals surface area contributed by atoms with E-state index in [0.29, 0.717) is 12.0 Å². The van der Waals surface area contributed by atoms with Crippen LogP contribution in [0.3, 0.4) is 0 Å². The first kappa shape index (κ1) is 13.3. The van der Waals surface area contributed by atoms with E-state index in [1.165, 1.54) is 0 Å². The van der Waals surface area contributed by atoms with Gasteiger partial charge in [-0.25, -0.2) is 4.98 Å². The molecule has 0 spiro atoms. The molecule has 2 rings (SSSR count). The highest BCUT2D eigenvalue weighted by atomic mass is 15.1. The fraction of sp³-hybridized carbons (Fsp3) is 0.333. The summed E-state index contributed by atoms with van der Waals surface area (Å²) in [4.78, 5) is 9.01. The van der Waals surface area contributed by atoms with Gasteiger partial charge in [-0.05, 0) is 13.3 Å². The fourth-order valence-corrected chi connectivity index (χ4v) is 1.72. The lowest BCUT2D eigenvalue weighted by Gasteiger charge is -2.13. The van der Waals surface area contributed by atoms with Crippen LogP contribution in [0.15, 0.2) is 36.4 Å². The number of anilines is 2. The fourth-order valence-electron chi connectivity index (χ4n) is 1.72. The molecule has 1 aromatic carbocycles. The largest absolute Gasteiger partial charge is 0.373 e. The zero-order valence-corrected chi connectivity index (χ0v) is 11.6. The van der Waals surface area contributed by atoms with Crippen LogP contribution in [-0.4, -0.2) is 23.1 Å². The topological polar surface area (TPSA) is 49.8 Å². The molecule has 0 fully saturated rings. The molecular formula is C15H20N4. The lowest BCUT2D eigenvalue weighted by Crippen LogP contribution is -2.16. The third kappa shape index (κ3) is 3.44. The molecule has 0 aliphatic heterocycles. The van der Waals surface area contributed by atoms with Gasteiger partial charge in [0.1, 0.15) is 5.82 Å². The van der Waals surface area contributed by atoms with Crippen LogP contribution in [0.25, 0.3) is 11.3 Å². The van der Waals surface area contributed by atoms with Crippen LogP contribution in [-0.2, 0) is 0 Å². The maximum Gasteiger partial charge on any atom is 0.225 e. The van der Waals surface area contributed by atoms with Crippen LogP contribution in [0.4, 0.5) is 11.8 Å². The van der Waals surface area contributed by atoms with Crippen molar-refractivity contribution in [3.05, 3.63) is 36.4 Å². The number of aromatic nitrogens is 2. The predicted octanol–water partition coefficient (Wildman–Crippen LogP) is 3.40. The second-order valence-electron chi connectivity index (χ2n) is 4.53. The van der Waals surface area contributed by atoms with Crippen molar-refractivity contribution in [2.24, 2.45) is 0 Å². The molecule has 1 atom stereocenters. The molecule has 2 N–H and O–H groups in total. The lowest BCUT2D eigenvalue weighted by molar-refractivity contribution is 0.753. The van der Waals surface area contributed by atoms with Gasteiger partial charge in [0.15, 0.2) is 0 Å². The minimum Gasteiger partial charge on any atom is -0.373 e. The Hall–Kier alpha value is -2.10. The minimum atomic E-state index is 0.357. The van der Waals surface area contributed by atoms with Gasteiger partial charge in [0, 0.05) is 24.7 Å². The molecule has 0 bridgehead atoms. The van der Waals surface area contributed by atoms with E-state index < -0.39 is 0 Å². The van der Waals surface area contributed by atoms with E-state index >= 15 is 0 Å². The van der Waals surface area contributed by atoms with Crippen molar-refractivity contribution in [2.45, 2.75) is 26.3 Å². The zero-order valence-electron chi connectivity index (χ0n) is 11.6. The first-order valence-corrected chi connectivity index (χ1v) is 6.61. The van der Waals surface area contributed by atoms with Crippen molar-refractivity contribution in [3.63, 3.8) is 0 Å². The summed E-state index contributed by atoms with van der Waals surface area (Å²) >= 11 is 0. The monoisotopic (exact) mass is 256 g/mol. The summed E-state index contributed by atoms with van der Waals surface area (Å²) in [5.41, 5.74) is 2.01. The molecule has 0 unspecified atom stereocenters. The molecule has 100 valence electrons. The van der Waals surface area contributed by atoms with E-state index in [-0.39, 0.29) is 0 Å². The minimum absolute atomic E-state index is 0.357. The second kappa shape index (κ2) is 6.18. The molecule has 1 aromatic heterocycles. The van der Waals surface area contributed by atoms with Crippen LogP contribution < -0.4 is 10.6 Å². The maximum atomic E-state index is 4.58. The molecule has 19 heavy (non-hydrogen) atoms. The van der Waals surface area contributed by atoms with Crippen LogP contribution in [0, 0.1) is 0 Å². The van der Waals surface area contributed by atoms with Crippen molar-refractivity contribution < 1.29 is 0 Å². The van der Waals surface area contributed by atoms with Gasteiger partial charge in [-0.1, -0.05) is 37.3 Å². The van der Waals surface area contributed by atoms with Crippen molar-refractivity contribution in [1.82, 2.24) is 9.97 Å². The number of hydrogen-bond acceptors (Lipinski definition) is 4. The highest BCUT2D eigenvalue weighted by Crippen LogP contribution is 2.21. The molecule has 0 saturated heterocycles. The third-order valence-corrected chi connectivity index (χ3v) is 3.04. The van der Waals surface area contributed by atoms with E-state index in [0.717, 1.165) is 23.5 Å². The Balaban J connectivity index is 2.36. The van der Waals surface area contributed by atoms with Gasteiger partial charge in [-0.2, -0.15) is 4.98 Å². The average Bonchev–Trinajstić information content (AvgIpc) is 2.47. The summed E-state index contributed by atoms with van der Waals surface area (Å²) in [6.07, 6.45) is 1.04. The van der Waals surface area contributed by atoms with Crippen LogP contribution in [0.1, 0.15) is 20.3 Å². The molecule has 0 amide bonds. The molecular weight excluding hydrogens is 236 g/mol. The number of nitrogens with zero attached hydrogens (tertiary/aromatic N) is 2. The van der Waals surface area contributed by atoms with Crippen molar-refractivity contribution in [3.8, 4) is 11.3 Å². The van der Waals surface area contributed by atoms with Crippen molar-refractivity contribution in [1.29, 1.82) is 0 Å². The quantitative estimate of drug-likeness (QED) is 0.861. The number of nitrogens with one attached hydrogen (secondary N) is 2. The van der Waals surface area contributed by atoms with Crippen LogP contribution >= 0.6 is 0 Å². The summed E-state index contributed by atoms with van der Waals surface area (Å²) in [5, 5.41) is 6.39. The van der Waals surface area contributed by atoms with E-state index in [9.17, 15) is 0 Å². The highest BCUT2D eigenvalue weighted by Gasteiger charge is 2.07.